The molecule has 25 heavy (non-hydrogen) atoms. The van der Waals surface area contributed by atoms with Crippen LogP contribution in [0.4, 0.5) is 0 Å². The number of rotatable bonds is 4. The standard InChI is InChI=1S/C19H26N4OS/c1-12-10-20-18(16-4-5-16)23(12)11-15-6-8-22(9-7-15)19(24)17-13(2)21-14(3)25-17/h10,15-16H,4-9,11H2,1-3H3. The molecule has 1 saturated carbocycles. The van der Waals surface area contributed by atoms with E-state index in [2.05, 4.69) is 21.5 Å². The molecule has 1 saturated heterocycles. The van der Waals surface area contributed by atoms with Gasteiger partial charge < -0.3 is 9.47 Å². The average Bonchev–Trinajstić information content (AvgIpc) is 3.30. The third-order valence-corrected chi connectivity index (χ3v) is 6.53. The fourth-order valence-electron chi connectivity index (χ4n) is 3.83. The van der Waals surface area contributed by atoms with Gasteiger partial charge in [0.05, 0.1) is 10.7 Å². The Morgan fingerprint density at radius 2 is 1.92 bits per heavy atom. The van der Waals surface area contributed by atoms with Gasteiger partial charge in [-0.1, -0.05) is 0 Å². The zero-order valence-electron chi connectivity index (χ0n) is 15.3. The predicted octanol–water partition coefficient (Wildman–Crippen LogP) is 3.69. The van der Waals surface area contributed by atoms with Crippen LogP contribution in [-0.2, 0) is 6.54 Å². The van der Waals surface area contributed by atoms with E-state index in [4.69, 9.17) is 0 Å². The Bertz CT molecular complexity index is 781. The van der Waals surface area contributed by atoms with Gasteiger partial charge in [0.15, 0.2) is 0 Å². The molecule has 6 heteroatoms. The highest BCUT2D eigenvalue weighted by Crippen LogP contribution is 2.40. The number of aryl methyl sites for hydroxylation is 3. The van der Waals surface area contributed by atoms with Gasteiger partial charge in [0.1, 0.15) is 10.7 Å². The molecule has 4 rings (SSSR count). The van der Waals surface area contributed by atoms with Crippen molar-refractivity contribution in [1.29, 1.82) is 0 Å². The zero-order chi connectivity index (χ0) is 17.6. The van der Waals surface area contributed by atoms with E-state index in [1.54, 1.807) is 0 Å². The predicted molar refractivity (Wildman–Crippen MR) is 99.2 cm³/mol. The van der Waals surface area contributed by atoms with Crippen LogP contribution in [0.5, 0.6) is 0 Å². The van der Waals surface area contributed by atoms with E-state index in [0.29, 0.717) is 11.8 Å². The lowest BCUT2D eigenvalue weighted by molar-refractivity contribution is 0.0686. The summed E-state index contributed by atoms with van der Waals surface area (Å²) < 4.78 is 2.43. The molecule has 1 aliphatic heterocycles. The minimum absolute atomic E-state index is 0.166. The van der Waals surface area contributed by atoms with Crippen molar-refractivity contribution >= 4 is 17.2 Å². The third kappa shape index (κ3) is 3.36. The maximum atomic E-state index is 12.7. The molecule has 2 aromatic rings. The number of hydrogen-bond donors (Lipinski definition) is 0. The Hall–Kier alpha value is -1.69. The van der Waals surface area contributed by atoms with Gasteiger partial charge >= 0.3 is 0 Å². The topological polar surface area (TPSA) is 51.0 Å². The van der Waals surface area contributed by atoms with E-state index in [9.17, 15) is 4.79 Å². The minimum Gasteiger partial charge on any atom is -0.338 e. The molecule has 1 aliphatic carbocycles. The molecule has 0 bridgehead atoms. The number of imidazole rings is 1. The zero-order valence-corrected chi connectivity index (χ0v) is 16.1. The molecule has 2 aliphatic rings. The second-order valence-electron chi connectivity index (χ2n) is 7.53. The molecule has 0 atom stereocenters. The van der Waals surface area contributed by atoms with Crippen LogP contribution in [0.1, 0.15) is 63.5 Å². The van der Waals surface area contributed by atoms with Gasteiger partial charge in [-0.25, -0.2) is 9.97 Å². The molecule has 5 nitrogen and oxygen atoms in total. The van der Waals surface area contributed by atoms with E-state index in [0.717, 1.165) is 48.1 Å². The number of thiazole rings is 1. The molecule has 2 aromatic heterocycles. The Morgan fingerprint density at radius 1 is 1.20 bits per heavy atom. The van der Waals surface area contributed by atoms with Crippen LogP contribution in [-0.4, -0.2) is 38.4 Å². The van der Waals surface area contributed by atoms with Crippen molar-refractivity contribution in [2.75, 3.05) is 13.1 Å². The third-order valence-electron chi connectivity index (χ3n) is 5.47. The fourth-order valence-corrected chi connectivity index (χ4v) is 4.72. The maximum Gasteiger partial charge on any atom is 0.265 e. The Labute approximate surface area is 153 Å². The van der Waals surface area contributed by atoms with Crippen LogP contribution in [0.25, 0.3) is 0 Å². The highest BCUT2D eigenvalue weighted by Gasteiger charge is 2.31. The van der Waals surface area contributed by atoms with Gasteiger partial charge in [0.25, 0.3) is 5.91 Å². The summed E-state index contributed by atoms with van der Waals surface area (Å²) >= 11 is 1.52. The maximum absolute atomic E-state index is 12.7. The van der Waals surface area contributed by atoms with Crippen LogP contribution in [0, 0.1) is 26.7 Å². The first-order chi connectivity index (χ1) is 12.0. The number of piperidine rings is 1. The first-order valence-electron chi connectivity index (χ1n) is 9.28. The average molecular weight is 359 g/mol. The molecule has 0 radical (unpaired) electrons. The van der Waals surface area contributed by atoms with Crippen LogP contribution in [0.2, 0.25) is 0 Å². The summed E-state index contributed by atoms with van der Waals surface area (Å²) in [6, 6.07) is 0. The first kappa shape index (κ1) is 16.8. The van der Waals surface area contributed by atoms with Gasteiger partial charge in [-0.2, -0.15) is 0 Å². The highest BCUT2D eigenvalue weighted by molar-refractivity contribution is 7.13. The monoisotopic (exact) mass is 358 g/mol. The largest absolute Gasteiger partial charge is 0.338 e. The van der Waals surface area contributed by atoms with Gasteiger partial charge in [-0.15, -0.1) is 11.3 Å². The summed E-state index contributed by atoms with van der Waals surface area (Å²) in [7, 11) is 0. The molecule has 0 aromatic carbocycles. The number of carbonyl (C=O) groups excluding carboxylic acids is 1. The molecule has 134 valence electrons. The number of likely N-dealkylation sites (tertiary alicyclic amines) is 1. The van der Waals surface area contributed by atoms with Gasteiger partial charge in [-0.05, 0) is 52.4 Å². The van der Waals surface area contributed by atoms with Crippen molar-refractivity contribution in [3.05, 3.63) is 33.3 Å². The number of nitrogens with zero attached hydrogens (tertiary/aromatic N) is 4. The van der Waals surface area contributed by atoms with Crippen LogP contribution >= 0.6 is 11.3 Å². The van der Waals surface area contributed by atoms with Gasteiger partial charge in [0, 0.05) is 37.4 Å². The van der Waals surface area contributed by atoms with E-state index < -0.39 is 0 Å². The lowest BCUT2D eigenvalue weighted by atomic mass is 9.96. The van der Waals surface area contributed by atoms with E-state index >= 15 is 0 Å². The van der Waals surface area contributed by atoms with Crippen molar-refractivity contribution < 1.29 is 4.79 Å². The lowest BCUT2D eigenvalue weighted by Crippen LogP contribution is -2.39. The Kier molecular flexibility index (Phi) is 4.40. The van der Waals surface area contributed by atoms with E-state index in [1.165, 1.54) is 35.7 Å². The van der Waals surface area contributed by atoms with Crippen LogP contribution in [0.3, 0.4) is 0 Å². The fraction of sp³-hybridized carbons (Fsp3) is 0.632. The number of carbonyl (C=O) groups is 1. The second-order valence-corrected chi connectivity index (χ2v) is 8.73. The molecular weight excluding hydrogens is 332 g/mol. The number of amides is 1. The van der Waals surface area contributed by atoms with Crippen molar-refractivity contribution in [3.63, 3.8) is 0 Å². The molecule has 0 N–H and O–H groups in total. The van der Waals surface area contributed by atoms with E-state index in [1.807, 2.05) is 24.9 Å². The van der Waals surface area contributed by atoms with Crippen molar-refractivity contribution in [1.82, 2.24) is 19.4 Å². The molecule has 2 fully saturated rings. The Morgan fingerprint density at radius 3 is 2.52 bits per heavy atom. The van der Waals surface area contributed by atoms with Crippen molar-refractivity contribution in [2.45, 2.75) is 58.9 Å². The lowest BCUT2D eigenvalue weighted by Gasteiger charge is -2.32. The number of hydrogen-bond acceptors (Lipinski definition) is 4. The van der Waals surface area contributed by atoms with Gasteiger partial charge in [-0.3, -0.25) is 4.79 Å². The molecule has 1 amide bonds. The molecular formula is C19H26N4OS. The normalized spacial score (nSPS) is 18.8. The highest BCUT2D eigenvalue weighted by atomic mass is 32.1. The Balaban J connectivity index is 1.38. The summed E-state index contributed by atoms with van der Waals surface area (Å²) in [6.45, 7) is 8.82. The SMILES string of the molecule is Cc1nc(C)c(C(=O)N2CCC(Cn3c(C)cnc3C3CC3)CC2)s1. The van der Waals surface area contributed by atoms with E-state index in [-0.39, 0.29) is 5.91 Å². The quantitative estimate of drug-likeness (QED) is 0.837. The molecule has 3 heterocycles. The summed E-state index contributed by atoms with van der Waals surface area (Å²) in [5.41, 5.74) is 2.15. The van der Waals surface area contributed by atoms with Gasteiger partial charge in [0.2, 0.25) is 0 Å². The summed E-state index contributed by atoms with van der Waals surface area (Å²) in [6.07, 6.45) is 6.74. The summed E-state index contributed by atoms with van der Waals surface area (Å²) in [4.78, 5) is 24.6. The smallest absolute Gasteiger partial charge is 0.265 e. The second kappa shape index (κ2) is 6.56. The van der Waals surface area contributed by atoms with Crippen LogP contribution in [0.15, 0.2) is 6.20 Å². The minimum atomic E-state index is 0.166. The van der Waals surface area contributed by atoms with Crippen molar-refractivity contribution in [3.8, 4) is 0 Å². The molecule has 0 spiro atoms. The number of aromatic nitrogens is 3. The summed E-state index contributed by atoms with van der Waals surface area (Å²) in [5.74, 6) is 2.78. The van der Waals surface area contributed by atoms with Crippen LogP contribution < -0.4 is 0 Å². The first-order valence-corrected chi connectivity index (χ1v) is 10.1. The summed E-state index contributed by atoms with van der Waals surface area (Å²) in [5, 5.41) is 0.971. The van der Waals surface area contributed by atoms with Crippen molar-refractivity contribution in [2.24, 2.45) is 5.92 Å². The molecule has 0 unspecified atom stereocenters.